The second-order valence-corrected chi connectivity index (χ2v) is 8.34. The van der Waals surface area contributed by atoms with Crippen molar-refractivity contribution in [3.05, 3.63) is 65.4 Å². The maximum Gasteiger partial charge on any atom is 0.274 e. The molecule has 1 aliphatic rings. The molecule has 0 bridgehead atoms. The number of hydrogen-bond donors (Lipinski definition) is 1. The Balaban J connectivity index is 1.45. The number of hydrogen-bond acceptors (Lipinski definition) is 6. The first-order valence-corrected chi connectivity index (χ1v) is 11.2. The summed E-state index contributed by atoms with van der Waals surface area (Å²) in [5.41, 5.74) is 2.71. The van der Waals surface area contributed by atoms with Crippen LogP contribution in [0.1, 0.15) is 41.5 Å². The molecule has 7 nitrogen and oxygen atoms in total. The van der Waals surface area contributed by atoms with Crippen molar-refractivity contribution >= 4 is 28.1 Å². The molecule has 1 saturated heterocycles. The summed E-state index contributed by atoms with van der Waals surface area (Å²) in [6, 6.07) is 16.3. The van der Waals surface area contributed by atoms with Gasteiger partial charge < -0.3 is 14.2 Å². The van der Waals surface area contributed by atoms with Gasteiger partial charge in [0.2, 0.25) is 0 Å². The normalized spacial score (nSPS) is 16.8. The molecule has 1 N–H and O–H groups in total. The molecular formula is C23H25N5O2S. The third-order valence-corrected chi connectivity index (χ3v) is 6.32. The van der Waals surface area contributed by atoms with E-state index in [9.17, 15) is 4.79 Å². The molecule has 0 spiro atoms. The van der Waals surface area contributed by atoms with E-state index < -0.39 is 0 Å². The maximum atomic E-state index is 12.9. The van der Waals surface area contributed by atoms with E-state index >= 15 is 0 Å². The van der Waals surface area contributed by atoms with Crippen molar-refractivity contribution in [2.24, 2.45) is 0 Å². The fraction of sp³-hybridized carbons (Fsp3) is 0.348. The van der Waals surface area contributed by atoms with Crippen LogP contribution in [0.15, 0.2) is 54.0 Å². The summed E-state index contributed by atoms with van der Waals surface area (Å²) in [5, 5.41) is 14.5. The molecule has 1 amide bonds. The Morgan fingerprint density at radius 1 is 1.35 bits per heavy atom. The van der Waals surface area contributed by atoms with E-state index in [-0.39, 0.29) is 24.5 Å². The summed E-state index contributed by atoms with van der Waals surface area (Å²) in [4.78, 5) is 20.0. The van der Waals surface area contributed by atoms with Crippen LogP contribution in [0.5, 0.6) is 0 Å². The van der Waals surface area contributed by atoms with Gasteiger partial charge in [-0.1, -0.05) is 18.2 Å². The molecular weight excluding hydrogens is 410 g/mol. The second kappa shape index (κ2) is 9.77. The minimum Gasteiger partial charge on any atom is -0.379 e. The predicted molar refractivity (Wildman–Crippen MR) is 121 cm³/mol. The average Bonchev–Trinajstić information content (AvgIpc) is 3.54. The van der Waals surface area contributed by atoms with E-state index in [4.69, 9.17) is 15.0 Å². The number of ether oxygens (including phenoxy) is 1. The Labute approximate surface area is 185 Å². The Morgan fingerprint density at radius 2 is 2.19 bits per heavy atom. The minimum atomic E-state index is -0.262. The minimum absolute atomic E-state index is 0.218. The standard InChI is InChI=1S/C23H25N5O2S/c1-30-18(11-12-24)15-27-13-5-10-21(27)22(29)26-23-25-19(16-31-23)20-9-6-14-28(20)17-7-3-2-4-8-17/h2-5,7-8,10,13,16,18,20H,6,9,11,14-15H2,1H3,(H,25,26,29)/t18?,20-/m1/s1. The average molecular weight is 436 g/mol. The Kier molecular flexibility index (Phi) is 6.65. The molecule has 0 aliphatic carbocycles. The molecule has 2 aromatic heterocycles. The van der Waals surface area contributed by atoms with Gasteiger partial charge in [0.25, 0.3) is 5.91 Å². The Hall–Kier alpha value is -3.15. The van der Waals surface area contributed by atoms with Gasteiger partial charge in [0.15, 0.2) is 5.13 Å². The van der Waals surface area contributed by atoms with Gasteiger partial charge in [-0.25, -0.2) is 4.98 Å². The number of nitriles is 1. The highest BCUT2D eigenvalue weighted by Crippen LogP contribution is 2.37. The maximum absolute atomic E-state index is 12.9. The van der Waals surface area contributed by atoms with Gasteiger partial charge >= 0.3 is 0 Å². The number of benzene rings is 1. The van der Waals surface area contributed by atoms with Crippen molar-refractivity contribution in [1.82, 2.24) is 9.55 Å². The van der Waals surface area contributed by atoms with Crippen LogP contribution in [-0.4, -0.2) is 35.2 Å². The lowest BCUT2D eigenvalue weighted by atomic mass is 10.1. The van der Waals surface area contributed by atoms with Gasteiger partial charge in [0.05, 0.1) is 36.9 Å². The van der Waals surface area contributed by atoms with Gasteiger partial charge in [-0.2, -0.15) is 5.26 Å². The van der Waals surface area contributed by atoms with Gasteiger partial charge in [-0.3, -0.25) is 10.1 Å². The molecule has 3 aromatic rings. The van der Waals surface area contributed by atoms with Crippen LogP contribution in [0, 0.1) is 11.3 Å². The number of thiazole rings is 1. The van der Waals surface area contributed by atoms with E-state index in [1.54, 1.807) is 13.2 Å². The first-order chi connectivity index (χ1) is 15.2. The van der Waals surface area contributed by atoms with Gasteiger partial charge in [-0.05, 0) is 37.1 Å². The van der Waals surface area contributed by atoms with E-state index in [1.807, 2.05) is 28.3 Å². The van der Waals surface area contributed by atoms with Crippen molar-refractivity contribution in [2.45, 2.75) is 38.0 Å². The Morgan fingerprint density at radius 3 is 2.97 bits per heavy atom. The molecule has 8 heteroatoms. The highest BCUT2D eigenvalue weighted by Gasteiger charge is 2.28. The molecule has 2 atom stereocenters. The number of anilines is 2. The van der Waals surface area contributed by atoms with Crippen LogP contribution in [0.2, 0.25) is 0 Å². The summed E-state index contributed by atoms with van der Waals surface area (Å²) in [6.45, 7) is 1.45. The topological polar surface area (TPSA) is 83.2 Å². The Bertz CT molecular complexity index is 1060. The van der Waals surface area contributed by atoms with E-state index in [0.717, 1.165) is 25.1 Å². The SMILES string of the molecule is COC(CC#N)Cn1cccc1C(=O)Nc1nc([C@H]2CCCN2c2ccccc2)cs1. The number of aromatic nitrogens is 2. The lowest BCUT2D eigenvalue weighted by molar-refractivity contribution is 0.0887. The summed E-state index contributed by atoms with van der Waals surface area (Å²) in [7, 11) is 1.57. The molecule has 31 heavy (non-hydrogen) atoms. The molecule has 1 unspecified atom stereocenters. The van der Waals surface area contributed by atoms with Gasteiger partial charge in [-0.15, -0.1) is 11.3 Å². The molecule has 3 heterocycles. The molecule has 1 aliphatic heterocycles. The number of nitrogens with zero attached hydrogens (tertiary/aromatic N) is 4. The van der Waals surface area contributed by atoms with Gasteiger partial charge in [0.1, 0.15) is 5.69 Å². The van der Waals surface area contributed by atoms with Crippen molar-refractivity contribution in [3.8, 4) is 6.07 Å². The highest BCUT2D eigenvalue weighted by atomic mass is 32.1. The zero-order valence-electron chi connectivity index (χ0n) is 17.4. The van der Waals surface area contributed by atoms with Crippen LogP contribution in [0.3, 0.4) is 0 Å². The van der Waals surface area contributed by atoms with E-state index in [1.165, 1.54) is 17.0 Å². The molecule has 160 valence electrons. The third kappa shape index (κ3) is 4.79. The monoisotopic (exact) mass is 435 g/mol. The summed E-state index contributed by atoms with van der Waals surface area (Å²) in [5.74, 6) is -0.218. The summed E-state index contributed by atoms with van der Waals surface area (Å²) >= 11 is 1.44. The first-order valence-electron chi connectivity index (χ1n) is 10.3. The van der Waals surface area contributed by atoms with Crippen LogP contribution in [-0.2, 0) is 11.3 Å². The molecule has 0 radical (unpaired) electrons. The quantitative estimate of drug-likeness (QED) is 0.565. The van der Waals surface area contributed by atoms with Crippen LogP contribution in [0.25, 0.3) is 0 Å². The number of carbonyl (C=O) groups is 1. The van der Waals surface area contributed by atoms with Crippen LogP contribution < -0.4 is 10.2 Å². The lowest BCUT2D eigenvalue weighted by Gasteiger charge is -2.25. The fourth-order valence-electron chi connectivity index (χ4n) is 3.98. The van der Waals surface area contributed by atoms with Crippen molar-refractivity contribution < 1.29 is 9.53 Å². The van der Waals surface area contributed by atoms with Crippen LogP contribution >= 0.6 is 11.3 Å². The smallest absolute Gasteiger partial charge is 0.274 e. The number of amides is 1. The largest absolute Gasteiger partial charge is 0.379 e. The fourth-order valence-corrected chi connectivity index (χ4v) is 4.74. The number of para-hydroxylation sites is 1. The molecule has 1 aromatic carbocycles. The van der Waals surface area contributed by atoms with Crippen molar-refractivity contribution in [2.75, 3.05) is 23.9 Å². The summed E-state index contributed by atoms with van der Waals surface area (Å²) < 4.78 is 7.14. The molecule has 1 fully saturated rings. The lowest BCUT2D eigenvalue weighted by Crippen LogP contribution is -2.23. The molecule has 0 saturated carbocycles. The highest BCUT2D eigenvalue weighted by molar-refractivity contribution is 7.14. The van der Waals surface area contributed by atoms with E-state index in [0.29, 0.717) is 17.4 Å². The zero-order chi connectivity index (χ0) is 21.6. The first kappa shape index (κ1) is 21.1. The van der Waals surface area contributed by atoms with E-state index in [2.05, 4.69) is 40.6 Å². The van der Waals surface area contributed by atoms with Crippen molar-refractivity contribution in [1.29, 1.82) is 5.26 Å². The number of nitrogens with one attached hydrogen (secondary N) is 1. The number of carbonyl (C=O) groups excluding carboxylic acids is 1. The predicted octanol–water partition coefficient (Wildman–Crippen LogP) is 4.47. The third-order valence-electron chi connectivity index (χ3n) is 5.54. The van der Waals surface area contributed by atoms with Crippen LogP contribution in [0.4, 0.5) is 10.8 Å². The van der Waals surface area contributed by atoms with Crippen molar-refractivity contribution in [3.63, 3.8) is 0 Å². The summed E-state index contributed by atoms with van der Waals surface area (Å²) in [6.07, 6.45) is 4.00. The second-order valence-electron chi connectivity index (χ2n) is 7.48. The number of rotatable bonds is 8. The zero-order valence-corrected chi connectivity index (χ0v) is 18.2. The number of methoxy groups -OCH3 is 1. The molecule has 4 rings (SSSR count). The van der Waals surface area contributed by atoms with Gasteiger partial charge in [0, 0.05) is 30.9 Å².